The number of esters is 1. The molecule has 0 saturated carbocycles. The second-order valence-corrected chi connectivity index (χ2v) is 10.7. The highest BCUT2D eigenvalue weighted by Gasteiger charge is 2.23. The van der Waals surface area contributed by atoms with Gasteiger partial charge in [0, 0.05) is 18.0 Å². The van der Waals surface area contributed by atoms with Gasteiger partial charge < -0.3 is 24.1 Å². The van der Waals surface area contributed by atoms with Gasteiger partial charge in [-0.05, 0) is 61.7 Å². The van der Waals surface area contributed by atoms with E-state index in [2.05, 4.69) is 21.6 Å². The van der Waals surface area contributed by atoms with Gasteiger partial charge in [-0.3, -0.25) is 4.79 Å². The van der Waals surface area contributed by atoms with E-state index in [0.29, 0.717) is 32.9 Å². The van der Waals surface area contributed by atoms with Crippen LogP contribution in [0.4, 0.5) is 5.00 Å². The van der Waals surface area contributed by atoms with Crippen molar-refractivity contribution in [3.8, 4) is 22.6 Å². The summed E-state index contributed by atoms with van der Waals surface area (Å²) < 4.78 is 18.1. The average molecular weight is 567 g/mol. The molecular formula is C28H30N4O5S2. The number of hydrogen-bond donors (Lipinski definition) is 1. The molecule has 0 fully saturated rings. The number of methoxy groups -OCH3 is 2. The third-order valence-corrected chi connectivity index (χ3v) is 7.82. The van der Waals surface area contributed by atoms with Crippen molar-refractivity contribution in [1.82, 2.24) is 14.8 Å². The molecule has 1 unspecified atom stereocenters. The number of carbonyl (C=O) groups excluding carboxylic acids is 2. The number of thiophene rings is 1. The number of thioether (sulfide) groups is 1. The topological polar surface area (TPSA) is 105 Å². The predicted molar refractivity (Wildman–Crippen MR) is 153 cm³/mol. The van der Waals surface area contributed by atoms with Crippen LogP contribution < -0.4 is 14.8 Å². The molecule has 39 heavy (non-hydrogen) atoms. The van der Waals surface area contributed by atoms with E-state index in [1.165, 1.54) is 30.2 Å². The summed E-state index contributed by atoms with van der Waals surface area (Å²) >= 11 is 2.51. The minimum Gasteiger partial charge on any atom is -0.497 e. The van der Waals surface area contributed by atoms with Crippen molar-refractivity contribution >= 4 is 40.0 Å². The van der Waals surface area contributed by atoms with E-state index in [-0.39, 0.29) is 17.8 Å². The quantitative estimate of drug-likeness (QED) is 0.189. The molecule has 0 bridgehead atoms. The van der Waals surface area contributed by atoms with Crippen molar-refractivity contribution in [1.29, 1.82) is 0 Å². The van der Waals surface area contributed by atoms with Crippen molar-refractivity contribution in [3.05, 3.63) is 70.4 Å². The summed E-state index contributed by atoms with van der Waals surface area (Å²) in [5, 5.41) is 14.2. The molecule has 1 amide bonds. The number of benzene rings is 2. The number of aryl methyl sites for hydroxylation is 2. The molecule has 2 aromatic carbocycles. The van der Waals surface area contributed by atoms with Crippen molar-refractivity contribution in [3.63, 3.8) is 0 Å². The van der Waals surface area contributed by atoms with Crippen molar-refractivity contribution in [2.75, 3.05) is 25.3 Å². The number of amides is 1. The number of hydrogen-bond acceptors (Lipinski definition) is 9. The van der Waals surface area contributed by atoms with Crippen LogP contribution in [0.3, 0.4) is 0 Å². The van der Waals surface area contributed by atoms with Crippen LogP contribution in [-0.2, 0) is 16.6 Å². The Morgan fingerprint density at radius 3 is 2.38 bits per heavy atom. The largest absolute Gasteiger partial charge is 0.497 e. The number of rotatable bonds is 10. The molecule has 204 valence electrons. The number of carbonyl (C=O) groups is 2. The van der Waals surface area contributed by atoms with Crippen LogP contribution in [0.1, 0.15) is 40.3 Å². The highest BCUT2D eigenvalue weighted by atomic mass is 32.2. The fourth-order valence-corrected chi connectivity index (χ4v) is 5.79. The molecule has 1 atom stereocenters. The third-order valence-electron chi connectivity index (χ3n) is 5.91. The molecule has 4 rings (SSSR count). The first-order valence-corrected chi connectivity index (χ1v) is 14.0. The van der Waals surface area contributed by atoms with Gasteiger partial charge in [0.2, 0.25) is 5.91 Å². The first-order chi connectivity index (χ1) is 18.7. The van der Waals surface area contributed by atoms with Gasteiger partial charge in [0.15, 0.2) is 17.1 Å². The van der Waals surface area contributed by atoms with E-state index in [0.717, 1.165) is 22.4 Å². The first kappa shape index (κ1) is 28.2. The number of ether oxygens (including phenoxy) is 3. The lowest BCUT2D eigenvalue weighted by atomic mass is 10.0. The average Bonchev–Trinajstić information content (AvgIpc) is 3.49. The Balaban J connectivity index is 1.43. The second-order valence-electron chi connectivity index (χ2n) is 8.89. The maximum absolute atomic E-state index is 12.9. The maximum Gasteiger partial charge on any atom is 0.341 e. The highest BCUT2D eigenvalue weighted by Crippen LogP contribution is 2.37. The molecular weight excluding hydrogens is 536 g/mol. The van der Waals surface area contributed by atoms with E-state index in [9.17, 15) is 9.59 Å². The zero-order valence-corrected chi connectivity index (χ0v) is 24.2. The fourth-order valence-electron chi connectivity index (χ4n) is 4.09. The number of aromatic nitrogens is 3. The van der Waals surface area contributed by atoms with Crippen LogP contribution in [0.15, 0.2) is 53.0 Å². The van der Waals surface area contributed by atoms with Gasteiger partial charge in [-0.25, -0.2) is 4.79 Å². The Kier molecular flexibility index (Phi) is 8.93. The summed E-state index contributed by atoms with van der Waals surface area (Å²) in [6.07, 6.45) is -0.336. The minimum absolute atomic E-state index is 0.0780. The van der Waals surface area contributed by atoms with E-state index >= 15 is 0 Å². The molecule has 2 heterocycles. The van der Waals surface area contributed by atoms with Crippen LogP contribution in [0, 0.1) is 13.8 Å². The number of nitrogens with zero attached hydrogens (tertiary/aromatic N) is 3. The van der Waals surface area contributed by atoms with Gasteiger partial charge in [-0.1, -0.05) is 30.0 Å². The van der Waals surface area contributed by atoms with Crippen LogP contribution in [0.2, 0.25) is 0 Å². The van der Waals surface area contributed by atoms with Gasteiger partial charge in [-0.2, -0.15) is 0 Å². The lowest BCUT2D eigenvalue weighted by Gasteiger charge is -2.15. The zero-order valence-electron chi connectivity index (χ0n) is 22.6. The van der Waals surface area contributed by atoms with Gasteiger partial charge in [0.05, 0.1) is 20.0 Å². The van der Waals surface area contributed by atoms with Crippen molar-refractivity contribution < 1.29 is 23.8 Å². The van der Waals surface area contributed by atoms with Crippen LogP contribution in [0.5, 0.6) is 11.5 Å². The lowest BCUT2D eigenvalue weighted by Crippen LogP contribution is -2.16. The van der Waals surface area contributed by atoms with Crippen LogP contribution in [0.25, 0.3) is 11.1 Å². The third kappa shape index (κ3) is 6.61. The molecule has 1 N–H and O–H groups in total. The van der Waals surface area contributed by atoms with E-state index in [4.69, 9.17) is 14.2 Å². The Hall–Kier alpha value is -3.83. The van der Waals surface area contributed by atoms with Crippen LogP contribution in [-0.4, -0.2) is 46.6 Å². The SMILES string of the molecule is COC(=O)c1c(-c2ccc(OC)cc2)csc1NC(=O)CSc1nnc(C(C)Oc2cc(C)cc(C)c2)n1C. The molecule has 0 aliphatic heterocycles. The van der Waals surface area contributed by atoms with E-state index in [1.54, 1.807) is 7.11 Å². The van der Waals surface area contributed by atoms with Gasteiger partial charge in [0.1, 0.15) is 22.1 Å². The summed E-state index contributed by atoms with van der Waals surface area (Å²) in [5.41, 5.74) is 4.04. The molecule has 0 spiro atoms. The Morgan fingerprint density at radius 2 is 1.74 bits per heavy atom. The first-order valence-electron chi connectivity index (χ1n) is 12.1. The Bertz CT molecular complexity index is 1460. The smallest absolute Gasteiger partial charge is 0.341 e. The molecule has 0 saturated heterocycles. The van der Waals surface area contributed by atoms with Gasteiger partial charge in [-0.15, -0.1) is 21.5 Å². The minimum atomic E-state index is -0.527. The molecule has 9 nitrogen and oxygen atoms in total. The molecule has 4 aromatic rings. The highest BCUT2D eigenvalue weighted by molar-refractivity contribution is 7.99. The summed E-state index contributed by atoms with van der Waals surface area (Å²) in [4.78, 5) is 25.5. The monoisotopic (exact) mass is 566 g/mol. The predicted octanol–water partition coefficient (Wildman–Crippen LogP) is 5.83. The van der Waals surface area contributed by atoms with Crippen molar-refractivity contribution in [2.45, 2.75) is 32.0 Å². The molecule has 2 aromatic heterocycles. The molecule has 0 radical (unpaired) electrons. The van der Waals surface area contributed by atoms with E-state index in [1.807, 2.05) is 74.2 Å². The van der Waals surface area contributed by atoms with Crippen molar-refractivity contribution in [2.24, 2.45) is 7.05 Å². The van der Waals surface area contributed by atoms with E-state index < -0.39 is 5.97 Å². The lowest BCUT2D eigenvalue weighted by molar-refractivity contribution is -0.113. The second kappa shape index (κ2) is 12.4. The zero-order chi connectivity index (χ0) is 28.1. The molecule has 11 heteroatoms. The van der Waals surface area contributed by atoms with Gasteiger partial charge >= 0.3 is 5.97 Å². The fraction of sp³-hybridized carbons (Fsp3) is 0.286. The van der Waals surface area contributed by atoms with Gasteiger partial charge in [0.25, 0.3) is 0 Å². The number of nitrogens with one attached hydrogen (secondary N) is 1. The summed E-state index contributed by atoms with van der Waals surface area (Å²) in [6.45, 7) is 5.96. The molecule has 0 aliphatic rings. The van der Waals surface area contributed by atoms with Crippen LogP contribution >= 0.6 is 23.1 Å². The summed E-state index contributed by atoms with van der Waals surface area (Å²) in [7, 11) is 4.75. The Labute approximate surface area is 235 Å². The maximum atomic E-state index is 12.9. The Morgan fingerprint density at radius 1 is 1.05 bits per heavy atom. The summed E-state index contributed by atoms with van der Waals surface area (Å²) in [6, 6.07) is 13.4. The summed E-state index contributed by atoms with van der Waals surface area (Å²) in [5.74, 6) is 1.39. The molecule has 0 aliphatic carbocycles. The standard InChI is InChI=1S/C28H30N4O5S2/c1-16-11-17(2)13-21(12-16)37-18(3)25-30-31-28(32(25)4)39-15-23(33)29-26-24(27(34)36-6)22(14-38-26)19-7-9-20(35-5)10-8-19/h7-14,18H,15H2,1-6H3,(H,29,33). The number of anilines is 1. The normalized spacial score (nSPS) is 11.6.